The first-order chi connectivity index (χ1) is 17.7. The van der Waals surface area contributed by atoms with Crippen LogP contribution in [0, 0.1) is 0 Å². The minimum atomic E-state index is -0.909. The number of carbonyl (C=O) groups excluding carboxylic acids is 2. The van der Waals surface area contributed by atoms with Gasteiger partial charge in [0.2, 0.25) is 17.8 Å². The molecule has 2 aromatic rings. The number of aryl methyl sites for hydroxylation is 1. The molecule has 0 spiro atoms. The molecule has 2 rings (SSSR count). The van der Waals surface area contributed by atoms with Gasteiger partial charge in [-0.25, -0.2) is 9.97 Å². The minimum Gasteiger partial charge on any atom is -0.508 e. The quantitative estimate of drug-likeness (QED) is 0.370. The summed E-state index contributed by atoms with van der Waals surface area (Å²) in [6, 6.07) is 5.60. The van der Waals surface area contributed by atoms with Crippen molar-refractivity contribution >= 4 is 17.8 Å². The van der Waals surface area contributed by atoms with E-state index in [1.165, 1.54) is 0 Å². The number of benzene rings is 1. The summed E-state index contributed by atoms with van der Waals surface area (Å²) in [5.41, 5.74) is 2.26. The van der Waals surface area contributed by atoms with E-state index in [0.29, 0.717) is 17.9 Å². The molecule has 0 aliphatic carbocycles. The number of anilines is 1. The van der Waals surface area contributed by atoms with E-state index in [9.17, 15) is 14.7 Å². The molecule has 0 fully saturated rings. The number of hydrogen-bond acceptors (Lipinski definition) is 6. The molecule has 37 heavy (non-hydrogen) atoms. The van der Waals surface area contributed by atoms with Crippen LogP contribution in [0.4, 0.5) is 5.95 Å². The molecular formula is C29H39N5O3. The smallest absolute Gasteiger partial charge is 0.247 e. The Morgan fingerprint density at radius 3 is 2.22 bits per heavy atom. The molecule has 198 valence electrons. The van der Waals surface area contributed by atoms with Crippen LogP contribution in [0.3, 0.4) is 0 Å². The summed E-state index contributed by atoms with van der Waals surface area (Å²) in [6.45, 7) is 17.1. The van der Waals surface area contributed by atoms with Gasteiger partial charge in [-0.2, -0.15) is 0 Å². The molecule has 2 N–H and O–H groups in total. The van der Waals surface area contributed by atoms with Crippen molar-refractivity contribution in [3.05, 3.63) is 84.7 Å². The molecule has 1 unspecified atom stereocenters. The molecular weight excluding hydrogens is 466 g/mol. The third-order valence-electron chi connectivity index (χ3n) is 6.02. The third-order valence-corrected chi connectivity index (χ3v) is 6.02. The van der Waals surface area contributed by atoms with Gasteiger partial charge >= 0.3 is 0 Å². The summed E-state index contributed by atoms with van der Waals surface area (Å²) in [4.78, 5) is 39.7. The van der Waals surface area contributed by atoms with E-state index in [-0.39, 0.29) is 36.6 Å². The van der Waals surface area contributed by atoms with E-state index in [2.05, 4.69) is 28.4 Å². The number of phenolic OH excluding ortho intramolecular Hbond substituents is 1. The summed E-state index contributed by atoms with van der Waals surface area (Å²) < 4.78 is 0. The fourth-order valence-corrected chi connectivity index (χ4v) is 3.99. The minimum absolute atomic E-state index is 0.165. The molecule has 0 saturated heterocycles. The van der Waals surface area contributed by atoms with Crippen molar-refractivity contribution in [3.63, 3.8) is 0 Å². The Balaban J connectivity index is 2.38. The van der Waals surface area contributed by atoms with Crippen molar-refractivity contribution in [2.75, 3.05) is 24.5 Å². The summed E-state index contributed by atoms with van der Waals surface area (Å²) in [6.07, 6.45) is 9.00. The van der Waals surface area contributed by atoms with Crippen molar-refractivity contribution < 1.29 is 14.7 Å². The van der Waals surface area contributed by atoms with E-state index in [4.69, 9.17) is 0 Å². The average Bonchev–Trinajstić information content (AvgIpc) is 2.90. The Bertz CT molecular complexity index is 1070. The second-order valence-corrected chi connectivity index (χ2v) is 8.85. The zero-order valence-electron chi connectivity index (χ0n) is 22.4. The van der Waals surface area contributed by atoms with Crippen LogP contribution in [0.15, 0.2) is 73.6 Å². The lowest BCUT2D eigenvalue weighted by molar-refractivity contribution is -0.142. The normalized spacial score (nSPS) is 12.1. The number of allylic oxidation sites excluding steroid dienone is 2. The Hall–Kier alpha value is -3.94. The number of rotatable bonds is 14. The number of aromatic nitrogens is 2. The lowest BCUT2D eigenvalue weighted by atomic mass is 10.0. The van der Waals surface area contributed by atoms with E-state index in [1.807, 2.05) is 32.6 Å². The predicted octanol–water partition coefficient (Wildman–Crippen LogP) is 4.35. The van der Waals surface area contributed by atoms with Crippen molar-refractivity contribution in [2.24, 2.45) is 0 Å². The third kappa shape index (κ3) is 8.31. The maximum atomic E-state index is 13.6. The Morgan fingerprint density at radius 2 is 1.70 bits per heavy atom. The molecule has 2 amide bonds. The van der Waals surface area contributed by atoms with Crippen molar-refractivity contribution in [2.45, 2.75) is 52.6 Å². The van der Waals surface area contributed by atoms with Gasteiger partial charge in [-0.1, -0.05) is 43.5 Å². The maximum absolute atomic E-state index is 13.6. The fraction of sp³-hybridized carbons (Fsp3) is 0.379. The molecule has 8 heteroatoms. The van der Waals surface area contributed by atoms with Gasteiger partial charge in [0.05, 0.1) is 0 Å². The second-order valence-electron chi connectivity index (χ2n) is 8.85. The molecule has 8 nitrogen and oxygen atoms in total. The molecule has 1 aromatic carbocycles. The van der Waals surface area contributed by atoms with Gasteiger partial charge in [0.1, 0.15) is 11.8 Å². The maximum Gasteiger partial charge on any atom is 0.247 e. The van der Waals surface area contributed by atoms with Gasteiger partial charge in [-0.05, 0) is 57.4 Å². The highest BCUT2D eigenvalue weighted by Crippen LogP contribution is 2.25. The number of carbonyl (C=O) groups is 2. The zero-order chi connectivity index (χ0) is 27.4. The Morgan fingerprint density at radius 1 is 1.08 bits per heavy atom. The summed E-state index contributed by atoms with van der Waals surface area (Å²) >= 11 is 0. The molecule has 0 aliphatic rings. The van der Waals surface area contributed by atoms with Crippen molar-refractivity contribution in [3.8, 4) is 5.75 Å². The number of nitrogens with zero attached hydrogens (tertiary/aromatic N) is 4. The molecule has 1 heterocycles. The van der Waals surface area contributed by atoms with Crippen LogP contribution in [0.1, 0.15) is 51.3 Å². The van der Waals surface area contributed by atoms with Crippen LogP contribution in [-0.4, -0.2) is 57.5 Å². The molecule has 1 aromatic heterocycles. The second kappa shape index (κ2) is 14.6. The van der Waals surface area contributed by atoms with Gasteiger partial charge in [-0.15, -0.1) is 0 Å². The number of hydrogen-bond donors (Lipinski definition) is 2. The summed E-state index contributed by atoms with van der Waals surface area (Å²) in [5, 5.41) is 12.5. The molecule has 0 radical (unpaired) electrons. The molecule has 0 bridgehead atoms. The van der Waals surface area contributed by atoms with Crippen molar-refractivity contribution in [1.82, 2.24) is 20.2 Å². The molecule has 0 aliphatic heterocycles. The predicted molar refractivity (Wildman–Crippen MR) is 148 cm³/mol. The van der Waals surface area contributed by atoms with Crippen LogP contribution in [-0.2, 0) is 16.0 Å². The average molecular weight is 506 g/mol. The highest BCUT2D eigenvalue weighted by atomic mass is 16.3. The van der Waals surface area contributed by atoms with E-state index >= 15 is 0 Å². The van der Waals surface area contributed by atoms with Crippen LogP contribution in [0.25, 0.3) is 0 Å². The topological polar surface area (TPSA) is 98.7 Å². The fourth-order valence-electron chi connectivity index (χ4n) is 3.99. The molecule has 0 saturated carbocycles. The van der Waals surface area contributed by atoms with Gasteiger partial charge in [0.25, 0.3) is 0 Å². The largest absolute Gasteiger partial charge is 0.508 e. The Labute approximate surface area is 220 Å². The van der Waals surface area contributed by atoms with Crippen LogP contribution in [0.2, 0.25) is 0 Å². The number of amides is 2. The van der Waals surface area contributed by atoms with E-state index < -0.39 is 6.04 Å². The standard InChI is InChI=1S/C29H39N5O3/c1-7-11-22(8-2)18-30-28(37)27(24-19-31-29(32-20-24)33(9-3)10-4)34(21(5)6)26(36)17-14-23-12-15-25(35)16-13-23/h7-8,11-13,15-16,19-21,27,35H,1-2,9-10,14,17-18H2,3-6H3,(H,30,37)/b22-11+. The van der Waals surface area contributed by atoms with Crippen LogP contribution < -0.4 is 10.2 Å². The van der Waals surface area contributed by atoms with Gasteiger partial charge in [0.15, 0.2) is 0 Å². The van der Waals surface area contributed by atoms with Gasteiger partial charge in [0, 0.05) is 50.1 Å². The van der Waals surface area contributed by atoms with Crippen molar-refractivity contribution in [1.29, 1.82) is 0 Å². The first-order valence-corrected chi connectivity index (χ1v) is 12.6. The number of phenols is 1. The lowest BCUT2D eigenvalue weighted by Crippen LogP contribution is -2.47. The van der Waals surface area contributed by atoms with Gasteiger partial charge in [-0.3, -0.25) is 9.59 Å². The number of nitrogens with one attached hydrogen (secondary N) is 1. The van der Waals surface area contributed by atoms with E-state index in [1.54, 1.807) is 59.8 Å². The first-order valence-electron chi connectivity index (χ1n) is 12.6. The van der Waals surface area contributed by atoms with Crippen LogP contribution in [0.5, 0.6) is 5.75 Å². The monoisotopic (exact) mass is 505 g/mol. The highest BCUT2D eigenvalue weighted by Gasteiger charge is 2.33. The number of aromatic hydroxyl groups is 1. The zero-order valence-corrected chi connectivity index (χ0v) is 22.4. The lowest BCUT2D eigenvalue weighted by Gasteiger charge is -2.34. The SMILES string of the molecule is C=C/C=C(\C=C)CNC(=O)C(c1cnc(N(CC)CC)nc1)N(C(=O)CCc1ccc(O)cc1)C(C)C. The highest BCUT2D eigenvalue weighted by molar-refractivity contribution is 5.89. The summed E-state index contributed by atoms with van der Waals surface area (Å²) in [7, 11) is 0. The first kappa shape index (κ1) is 29.3. The van der Waals surface area contributed by atoms with Gasteiger partial charge < -0.3 is 20.2 Å². The molecule has 1 atom stereocenters. The summed E-state index contributed by atoms with van der Waals surface area (Å²) in [5.74, 6) is 0.253. The van der Waals surface area contributed by atoms with E-state index in [0.717, 1.165) is 24.2 Å². The van der Waals surface area contributed by atoms with Crippen LogP contribution >= 0.6 is 0 Å². The Kier molecular flexibility index (Phi) is 11.5.